The van der Waals surface area contributed by atoms with Gasteiger partial charge in [-0.2, -0.15) is 5.10 Å². The van der Waals surface area contributed by atoms with Crippen LogP contribution in [0.5, 0.6) is 0 Å². The molecule has 0 saturated carbocycles. The summed E-state index contributed by atoms with van der Waals surface area (Å²) in [6.07, 6.45) is 3.47. The van der Waals surface area contributed by atoms with Crippen LogP contribution in [0.4, 0.5) is 0 Å². The Labute approximate surface area is 98.9 Å². The second-order valence-electron chi connectivity index (χ2n) is 3.17. The molecule has 0 fully saturated rings. The summed E-state index contributed by atoms with van der Waals surface area (Å²) in [7, 11) is 0. The van der Waals surface area contributed by atoms with E-state index in [2.05, 4.69) is 5.10 Å². The van der Waals surface area contributed by atoms with Crippen molar-refractivity contribution in [3.63, 3.8) is 0 Å². The number of benzene rings is 1. The average Bonchev–Trinajstić information content (AvgIpc) is 2.71. The Morgan fingerprint density at radius 3 is 2.69 bits per heavy atom. The van der Waals surface area contributed by atoms with Crippen molar-refractivity contribution in [1.29, 1.82) is 0 Å². The topological polar surface area (TPSA) is 55.1 Å². The van der Waals surface area contributed by atoms with Gasteiger partial charge in [0.1, 0.15) is 0 Å². The molecule has 0 aliphatic heterocycles. The lowest BCUT2D eigenvalue weighted by molar-refractivity contribution is 0.0695. The van der Waals surface area contributed by atoms with Crippen LogP contribution in [-0.2, 0) is 6.54 Å². The fourth-order valence-corrected chi connectivity index (χ4v) is 1.44. The van der Waals surface area contributed by atoms with Crippen LogP contribution in [0, 0.1) is 0 Å². The van der Waals surface area contributed by atoms with E-state index in [4.69, 9.17) is 5.11 Å². The van der Waals surface area contributed by atoms with Crippen molar-refractivity contribution in [2.45, 2.75) is 6.54 Å². The minimum absolute atomic E-state index is 0. The Morgan fingerprint density at radius 1 is 1.31 bits per heavy atom. The lowest BCUT2D eigenvalue weighted by atomic mass is 10.1. The van der Waals surface area contributed by atoms with Crippen molar-refractivity contribution in [3.8, 4) is 0 Å². The minimum atomic E-state index is -0.905. The summed E-state index contributed by atoms with van der Waals surface area (Å²) in [4.78, 5) is 10.9. The van der Waals surface area contributed by atoms with E-state index in [0.717, 1.165) is 5.56 Å². The second-order valence-corrected chi connectivity index (χ2v) is 3.17. The van der Waals surface area contributed by atoms with E-state index in [1.165, 1.54) is 0 Å². The second kappa shape index (κ2) is 5.32. The molecule has 1 aromatic heterocycles. The first-order chi connectivity index (χ1) is 7.27. The van der Waals surface area contributed by atoms with Crippen molar-refractivity contribution in [2.75, 3.05) is 0 Å². The molecule has 4 nitrogen and oxygen atoms in total. The van der Waals surface area contributed by atoms with Gasteiger partial charge in [0.2, 0.25) is 0 Å². The fourth-order valence-electron chi connectivity index (χ4n) is 1.44. The highest BCUT2D eigenvalue weighted by Gasteiger charge is 2.08. The average molecular weight is 239 g/mol. The molecule has 0 aliphatic rings. The number of aromatic nitrogens is 2. The number of carboxylic acids is 1. The first-order valence-electron chi connectivity index (χ1n) is 4.56. The van der Waals surface area contributed by atoms with Gasteiger partial charge in [0.25, 0.3) is 0 Å². The molecule has 5 heteroatoms. The van der Waals surface area contributed by atoms with E-state index in [-0.39, 0.29) is 12.4 Å². The van der Waals surface area contributed by atoms with Crippen LogP contribution in [0.15, 0.2) is 42.7 Å². The van der Waals surface area contributed by atoms with Crippen LogP contribution in [0.1, 0.15) is 15.9 Å². The third-order valence-electron chi connectivity index (χ3n) is 2.14. The zero-order valence-corrected chi connectivity index (χ0v) is 9.22. The lowest BCUT2D eigenvalue weighted by Gasteiger charge is -2.05. The maximum absolute atomic E-state index is 10.9. The zero-order valence-electron chi connectivity index (χ0n) is 8.41. The molecular formula is C11H11ClN2O2. The molecule has 0 unspecified atom stereocenters. The fraction of sp³-hybridized carbons (Fsp3) is 0.0909. The van der Waals surface area contributed by atoms with Gasteiger partial charge in [-0.1, -0.05) is 18.2 Å². The number of halogens is 1. The summed E-state index contributed by atoms with van der Waals surface area (Å²) in [6.45, 7) is 0.482. The van der Waals surface area contributed by atoms with Gasteiger partial charge in [-0.25, -0.2) is 4.79 Å². The Hall–Kier alpha value is -1.81. The molecule has 0 aliphatic carbocycles. The molecule has 1 heterocycles. The summed E-state index contributed by atoms with van der Waals surface area (Å²) in [5, 5.41) is 13.0. The zero-order chi connectivity index (χ0) is 10.7. The van der Waals surface area contributed by atoms with Crippen LogP contribution in [0.25, 0.3) is 0 Å². The largest absolute Gasteiger partial charge is 0.478 e. The number of nitrogens with zero attached hydrogens (tertiary/aromatic N) is 2. The summed E-state index contributed by atoms with van der Waals surface area (Å²) in [6, 6.07) is 8.75. The SMILES string of the molecule is Cl.O=C(O)c1ccccc1Cn1cccn1. The Balaban J connectivity index is 0.00000128. The number of hydrogen-bond donors (Lipinski definition) is 1. The van der Waals surface area contributed by atoms with E-state index in [1.807, 2.05) is 12.1 Å². The van der Waals surface area contributed by atoms with Gasteiger partial charge < -0.3 is 5.11 Å². The standard InChI is InChI=1S/C11H10N2O2.ClH/c14-11(15)10-5-2-1-4-9(10)8-13-7-3-6-12-13;/h1-7H,8H2,(H,14,15);1H. The molecule has 0 bridgehead atoms. The Kier molecular flexibility index (Phi) is 4.08. The third kappa shape index (κ3) is 2.61. The highest BCUT2D eigenvalue weighted by Crippen LogP contribution is 2.09. The van der Waals surface area contributed by atoms with Gasteiger partial charge in [-0.3, -0.25) is 4.68 Å². The summed E-state index contributed by atoms with van der Waals surface area (Å²) < 4.78 is 1.70. The molecule has 0 amide bonds. The van der Waals surface area contributed by atoms with Crippen LogP contribution < -0.4 is 0 Å². The molecule has 0 atom stereocenters. The quantitative estimate of drug-likeness (QED) is 0.891. The van der Waals surface area contributed by atoms with Crippen molar-refractivity contribution in [2.24, 2.45) is 0 Å². The van der Waals surface area contributed by atoms with Gasteiger partial charge in [0.05, 0.1) is 12.1 Å². The molecule has 84 valence electrons. The molecule has 16 heavy (non-hydrogen) atoms. The Bertz CT molecular complexity index is 469. The van der Waals surface area contributed by atoms with E-state index in [0.29, 0.717) is 12.1 Å². The van der Waals surface area contributed by atoms with Gasteiger partial charge >= 0.3 is 5.97 Å². The summed E-state index contributed by atoms with van der Waals surface area (Å²) >= 11 is 0. The predicted molar refractivity (Wildman–Crippen MR) is 62.0 cm³/mol. The van der Waals surface area contributed by atoms with E-state index < -0.39 is 5.97 Å². The molecule has 0 spiro atoms. The minimum Gasteiger partial charge on any atom is -0.478 e. The van der Waals surface area contributed by atoms with Crippen molar-refractivity contribution >= 4 is 18.4 Å². The maximum atomic E-state index is 10.9. The van der Waals surface area contributed by atoms with Gasteiger partial charge in [-0.15, -0.1) is 12.4 Å². The van der Waals surface area contributed by atoms with Crippen LogP contribution in [0.3, 0.4) is 0 Å². The van der Waals surface area contributed by atoms with Crippen LogP contribution >= 0.6 is 12.4 Å². The first kappa shape index (κ1) is 12.3. The number of aromatic carboxylic acids is 1. The van der Waals surface area contributed by atoms with Crippen molar-refractivity contribution in [1.82, 2.24) is 9.78 Å². The molecule has 2 aromatic rings. The molecule has 0 radical (unpaired) electrons. The highest BCUT2D eigenvalue weighted by molar-refractivity contribution is 5.89. The highest BCUT2D eigenvalue weighted by atomic mass is 35.5. The normalized spacial score (nSPS) is 9.50. The Morgan fingerprint density at radius 2 is 2.06 bits per heavy atom. The van der Waals surface area contributed by atoms with E-state index in [9.17, 15) is 4.79 Å². The monoisotopic (exact) mass is 238 g/mol. The van der Waals surface area contributed by atoms with Crippen molar-refractivity contribution < 1.29 is 9.90 Å². The molecule has 1 N–H and O–H groups in total. The number of carboxylic acid groups (broad SMARTS) is 1. The molecule has 0 saturated heterocycles. The third-order valence-corrected chi connectivity index (χ3v) is 2.14. The van der Waals surface area contributed by atoms with E-state index in [1.54, 1.807) is 35.3 Å². The van der Waals surface area contributed by atoms with Gasteiger partial charge in [-0.05, 0) is 17.7 Å². The first-order valence-corrected chi connectivity index (χ1v) is 4.56. The van der Waals surface area contributed by atoms with Crippen LogP contribution in [-0.4, -0.2) is 20.9 Å². The lowest BCUT2D eigenvalue weighted by Crippen LogP contribution is -2.07. The summed E-state index contributed by atoms with van der Waals surface area (Å²) in [5.41, 5.74) is 1.08. The van der Waals surface area contributed by atoms with Gasteiger partial charge in [0.15, 0.2) is 0 Å². The maximum Gasteiger partial charge on any atom is 0.336 e. The van der Waals surface area contributed by atoms with E-state index >= 15 is 0 Å². The molecule has 2 rings (SSSR count). The van der Waals surface area contributed by atoms with Crippen LogP contribution in [0.2, 0.25) is 0 Å². The van der Waals surface area contributed by atoms with Crippen molar-refractivity contribution in [3.05, 3.63) is 53.9 Å². The summed E-state index contributed by atoms with van der Waals surface area (Å²) in [5.74, 6) is -0.905. The molecule has 1 aromatic carbocycles. The number of carbonyl (C=O) groups is 1. The number of hydrogen-bond acceptors (Lipinski definition) is 2. The predicted octanol–water partition coefficient (Wildman–Crippen LogP) is 2.05. The molecular weight excluding hydrogens is 228 g/mol. The smallest absolute Gasteiger partial charge is 0.336 e. The number of rotatable bonds is 3. The van der Waals surface area contributed by atoms with Gasteiger partial charge in [0, 0.05) is 12.4 Å².